The number of phenolic OH excluding ortho intramolecular Hbond substituents is 1. The van der Waals surface area contributed by atoms with Gasteiger partial charge in [0.2, 0.25) is 0 Å². The van der Waals surface area contributed by atoms with E-state index >= 15 is 0 Å². The fourth-order valence-corrected chi connectivity index (χ4v) is 5.70. The highest BCUT2D eigenvalue weighted by atomic mass is 32.1. The third kappa shape index (κ3) is 5.65. The summed E-state index contributed by atoms with van der Waals surface area (Å²) in [7, 11) is 1.42. The van der Waals surface area contributed by atoms with Crippen LogP contribution in [0.1, 0.15) is 75.9 Å². The van der Waals surface area contributed by atoms with Crippen LogP contribution in [0.5, 0.6) is 11.5 Å². The van der Waals surface area contributed by atoms with Gasteiger partial charge < -0.3 is 21.3 Å². The van der Waals surface area contributed by atoms with Crippen molar-refractivity contribution in [3.8, 4) is 11.5 Å². The van der Waals surface area contributed by atoms with Crippen LogP contribution in [-0.4, -0.2) is 34.2 Å². The maximum Gasteiger partial charge on any atom is 0.273 e. The van der Waals surface area contributed by atoms with E-state index in [1.54, 1.807) is 24.3 Å². The Hall–Kier alpha value is -3.92. The zero-order valence-electron chi connectivity index (χ0n) is 21.5. The molecule has 1 atom stereocenters. The first-order valence-electron chi connectivity index (χ1n) is 12.6. The highest BCUT2D eigenvalue weighted by Gasteiger charge is 2.37. The van der Waals surface area contributed by atoms with Crippen LogP contribution in [0.3, 0.4) is 0 Å². The van der Waals surface area contributed by atoms with E-state index in [1.165, 1.54) is 18.1 Å². The van der Waals surface area contributed by atoms with E-state index < -0.39 is 17.9 Å². The second-order valence-corrected chi connectivity index (χ2v) is 10.4. The summed E-state index contributed by atoms with van der Waals surface area (Å²) < 4.78 is 9.31. The summed E-state index contributed by atoms with van der Waals surface area (Å²) in [6.07, 6.45) is 5.52. The third-order valence-corrected chi connectivity index (χ3v) is 7.83. The molecular formula is C28H32N4O5S. The smallest absolute Gasteiger partial charge is 0.273 e. The van der Waals surface area contributed by atoms with Gasteiger partial charge in [-0.15, -0.1) is 0 Å². The van der Waals surface area contributed by atoms with Gasteiger partial charge in [0, 0.05) is 12.1 Å². The van der Waals surface area contributed by atoms with Crippen LogP contribution in [0, 0.1) is 12.8 Å². The average Bonchev–Trinajstić information content (AvgIpc) is 3.30. The van der Waals surface area contributed by atoms with Gasteiger partial charge in [-0.2, -0.15) is 4.37 Å². The van der Waals surface area contributed by atoms with Gasteiger partial charge in [0.1, 0.15) is 10.9 Å². The summed E-state index contributed by atoms with van der Waals surface area (Å²) in [4.78, 5) is 41.4. The lowest BCUT2D eigenvalue weighted by atomic mass is 9.83. The number of aryl methyl sites for hydroxylation is 1. The van der Waals surface area contributed by atoms with Gasteiger partial charge in [0.15, 0.2) is 23.0 Å². The van der Waals surface area contributed by atoms with Crippen LogP contribution < -0.4 is 21.1 Å². The molecule has 0 saturated heterocycles. The van der Waals surface area contributed by atoms with Crippen LogP contribution in [0.2, 0.25) is 0 Å². The number of nitrogens with zero attached hydrogens (tertiary/aromatic N) is 2. The Bertz CT molecular complexity index is 1330. The second-order valence-electron chi connectivity index (χ2n) is 9.66. The highest BCUT2D eigenvalue weighted by molar-refractivity contribution is 7.09. The number of phenols is 1. The molecule has 1 unspecified atom stereocenters. The first-order chi connectivity index (χ1) is 18.2. The van der Waals surface area contributed by atoms with Crippen molar-refractivity contribution >= 4 is 40.5 Å². The molecule has 2 amide bonds. The predicted octanol–water partition coefficient (Wildman–Crippen LogP) is 4.77. The zero-order chi connectivity index (χ0) is 27.4. The Morgan fingerprint density at radius 1 is 1.13 bits per heavy atom. The topological polar surface area (TPSA) is 149 Å². The van der Waals surface area contributed by atoms with Crippen molar-refractivity contribution < 1.29 is 24.2 Å². The normalized spacial score (nSPS) is 14.6. The van der Waals surface area contributed by atoms with Gasteiger partial charge in [-0.05, 0) is 54.2 Å². The van der Waals surface area contributed by atoms with Gasteiger partial charge >= 0.3 is 0 Å². The molecule has 1 saturated carbocycles. The molecule has 1 aliphatic rings. The average molecular weight is 537 g/mol. The summed E-state index contributed by atoms with van der Waals surface area (Å²) in [5.74, 6) is -1.24. The second kappa shape index (κ2) is 11.6. The number of methoxy groups -OCH3 is 1. The van der Waals surface area contributed by atoms with E-state index in [2.05, 4.69) is 4.37 Å². The van der Waals surface area contributed by atoms with Crippen LogP contribution in [0.4, 0.5) is 11.4 Å². The number of hydrogen-bond donors (Lipinski definition) is 3. The Kier molecular flexibility index (Phi) is 8.31. The molecule has 1 fully saturated rings. The minimum Gasteiger partial charge on any atom is -0.504 e. The molecule has 9 nitrogen and oxygen atoms in total. The lowest BCUT2D eigenvalue weighted by molar-refractivity contribution is -0.121. The zero-order valence-corrected chi connectivity index (χ0v) is 22.3. The number of amides is 2. The Labute approximate surface area is 225 Å². The van der Waals surface area contributed by atoms with E-state index in [-0.39, 0.29) is 39.5 Å². The number of anilines is 2. The number of nitrogens with two attached hydrogens (primary N) is 2. The maximum atomic E-state index is 14.2. The Morgan fingerprint density at radius 2 is 1.82 bits per heavy atom. The molecule has 1 aromatic heterocycles. The molecular weight excluding hydrogens is 504 g/mol. The molecule has 38 heavy (non-hydrogen) atoms. The number of ketones is 1. The molecule has 2 aromatic carbocycles. The van der Waals surface area contributed by atoms with Crippen molar-refractivity contribution in [2.75, 3.05) is 17.7 Å². The fourth-order valence-electron chi connectivity index (χ4n) is 4.96. The lowest BCUT2D eigenvalue weighted by Gasteiger charge is -2.33. The van der Waals surface area contributed by atoms with Gasteiger partial charge in [0.05, 0.1) is 12.8 Å². The summed E-state index contributed by atoms with van der Waals surface area (Å²) in [5.41, 5.74) is 13.2. The van der Waals surface area contributed by atoms with Crippen molar-refractivity contribution in [1.29, 1.82) is 0 Å². The molecule has 0 radical (unpaired) electrons. The van der Waals surface area contributed by atoms with Gasteiger partial charge in [0.25, 0.3) is 11.8 Å². The number of hydrogen-bond acceptors (Lipinski definition) is 8. The molecule has 5 N–H and O–H groups in total. The SMILES string of the molecule is COc1cc(C(C(=O)CC2CCCCC2)N(C(=O)c2snc(C(N)=O)c2N)c2ccc(C)cc2)ccc1O. The van der Waals surface area contributed by atoms with E-state index in [0.717, 1.165) is 49.2 Å². The predicted molar refractivity (Wildman–Crippen MR) is 147 cm³/mol. The van der Waals surface area contributed by atoms with Crippen molar-refractivity contribution in [1.82, 2.24) is 4.37 Å². The number of primary amides is 1. The molecule has 3 aromatic rings. The standard InChI is InChI=1S/C28H32N4O5S/c1-16-8-11-19(12-9-16)32(28(36)26-23(29)24(27(30)35)31-38-26)25(18-10-13-20(33)22(15-18)37-2)21(34)14-17-6-4-3-5-7-17/h8-13,15,17,25,33H,3-7,14,29H2,1-2H3,(H2,30,35). The molecule has 0 bridgehead atoms. The minimum absolute atomic E-state index is 0.0144. The summed E-state index contributed by atoms with van der Waals surface area (Å²) in [6, 6.07) is 10.8. The van der Waals surface area contributed by atoms with Crippen molar-refractivity contribution in [3.63, 3.8) is 0 Å². The van der Waals surface area contributed by atoms with Crippen molar-refractivity contribution in [3.05, 3.63) is 64.2 Å². The molecule has 200 valence electrons. The van der Waals surface area contributed by atoms with Crippen molar-refractivity contribution in [2.24, 2.45) is 11.7 Å². The summed E-state index contributed by atoms with van der Waals surface area (Å²) in [5, 5.41) is 10.2. The summed E-state index contributed by atoms with van der Waals surface area (Å²) >= 11 is 0.766. The van der Waals surface area contributed by atoms with Crippen LogP contribution in [0.25, 0.3) is 0 Å². The number of rotatable bonds is 9. The Balaban J connectivity index is 1.87. The van der Waals surface area contributed by atoms with Crippen LogP contribution in [0.15, 0.2) is 42.5 Å². The molecule has 0 spiro atoms. The number of benzene rings is 2. The first kappa shape index (κ1) is 27.1. The van der Waals surface area contributed by atoms with E-state index in [1.807, 2.05) is 19.1 Å². The quantitative estimate of drug-likeness (QED) is 0.356. The number of Topliss-reactive ketones (excluding diaryl/α,β-unsaturated/α-hetero) is 1. The fraction of sp³-hybridized carbons (Fsp3) is 0.357. The third-order valence-electron chi connectivity index (χ3n) is 6.98. The largest absolute Gasteiger partial charge is 0.504 e. The van der Waals surface area contributed by atoms with E-state index in [9.17, 15) is 19.5 Å². The van der Waals surface area contributed by atoms with Gasteiger partial charge in [-0.25, -0.2) is 0 Å². The molecule has 4 rings (SSSR count). The number of carbonyl (C=O) groups excluding carboxylic acids is 3. The van der Waals surface area contributed by atoms with Gasteiger partial charge in [-0.3, -0.25) is 19.3 Å². The molecule has 10 heteroatoms. The van der Waals surface area contributed by atoms with E-state index in [4.69, 9.17) is 16.2 Å². The highest BCUT2D eigenvalue weighted by Crippen LogP contribution is 2.38. The number of carbonyl (C=O) groups is 3. The maximum absolute atomic E-state index is 14.2. The number of ether oxygens (including phenoxy) is 1. The summed E-state index contributed by atoms with van der Waals surface area (Å²) in [6.45, 7) is 1.92. The monoisotopic (exact) mass is 536 g/mol. The van der Waals surface area contributed by atoms with Crippen molar-refractivity contribution in [2.45, 2.75) is 51.5 Å². The minimum atomic E-state index is -1.04. The Morgan fingerprint density at radius 3 is 2.42 bits per heavy atom. The van der Waals surface area contributed by atoms with Gasteiger partial charge in [-0.1, -0.05) is 55.9 Å². The number of aromatic nitrogens is 1. The van der Waals surface area contributed by atoms with Crippen LogP contribution >= 0.6 is 11.5 Å². The molecule has 1 heterocycles. The van der Waals surface area contributed by atoms with Crippen LogP contribution in [-0.2, 0) is 4.79 Å². The molecule has 0 aliphatic heterocycles. The number of nitrogen functional groups attached to an aromatic ring is 1. The number of aromatic hydroxyl groups is 1. The first-order valence-corrected chi connectivity index (χ1v) is 13.3. The van der Waals surface area contributed by atoms with E-state index in [0.29, 0.717) is 17.7 Å². The lowest BCUT2D eigenvalue weighted by Crippen LogP contribution is -2.40. The molecule has 1 aliphatic carbocycles.